The molecule has 0 saturated heterocycles. The Hall–Kier alpha value is -3.74. The standard InChI is InChI=1S/C19H16N4O3/c24-19(11-10-16-8-4-5-9-18(16)23(25)26)21-17-12-20-22(14-17)13-15-6-2-1-3-7-15/h1-12,14H,13H2,(H,21,24). The molecule has 1 aromatic heterocycles. The Morgan fingerprint density at radius 2 is 1.88 bits per heavy atom. The quantitative estimate of drug-likeness (QED) is 0.419. The molecule has 26 heavy (non-hydrogen) atoms. The van der Waals surface area contributed by atoms with E-state index in [4.69, 9.17) is 0 Å². The lowest BCUT2D eigenvalue weighted by Gasteiger charge is -2.01. The van der Waals surface area contributed by atoms with Crippen molar-refractivity contribution in [2.75, 3.05) is 5.32 Å². The highest BCUT2D eigenvalue weighted by Crippen LogP contribution is 2.19. The summed E-state index contributed by atoms with van der Waals surface area (Å²) in [5.74, 6) is -0.387. The van der Waals surface area contributed by atoms with Crippen molar-refractivity contribution in [1.29, 1.82) is 0 Å². The first-order chi connectivity index (χ1) is 12.6. The second-order valence-electron chi connectivity index (χ2n) is 5.55. The maximum Gasteiger partial charge on any atom is 0.276 e. The van der Waals surface area contributed by atoms with E-state index in [1.165, 1.54) is 18.2 Å². The van der Waals surface area contributed by atoms with E-state index >= 15 is 0 Å². The number of carbonyl (C=O) groups is 1. The van der Waals surface area contributed by atoms with Crippen LogP contribution in [0, 0.1) is 10.1 Å². The zero-order valence-electron chi connectivity index (χ0n) is 13.8. The highest BCUT2D eigenvalue weighted by Gasteiger charge is 2.10. The molecule has 0 unspecified atom stereocenters. The highest BCUT2D eigenvalue weighted by atomic mass is 16.6. The van der Waals surface area contributed by atoms with Crippen LogP contribution in [0.4, 0.5) is 11.4 Å². The van der Waals surface area contributed by atoms with Crippen LogP contribution in [0.2, 0.25) is 0 Å². The van der Waals surface area contributed by atoms with Gasteiger partial charge in [-0.2, -0.15) is 5.10 Å². The minimum atomic E-state index is -0.481. The largest absolute Gasteiger partial charge is 0.320 e. The Morgan fingerprint density at radius 3 is 2.65 bits per heavy atom. The van der Waals surface area contributed by atoms with Crippen molar-refractivity contribution in [3.63, 3.8) is 0 Å². The summed E-state index contributed by atoms with van der Waals surface area (Å²) < 4.78 is 1.72. The van der Waals surface area contributed by atoms with Gasteiger partial charge in [-0.05, 0) is 17.7 Å². The summed E-state index contributed by atoms with van der Waals surface area (Å²) in [6, 6.07) is 16.1. The number of hydrogen-bond donors (Lipinski definition) is 1. The maximum absolute atomic E-state index is 12.0. The molecule has 3 rings (SSSR count). The van der Waals surface area contributed by atoms with E-state index in [0.717, 1.165) is 5.56 Å². The highest BCUT2D eigenvalue weighted by molar-refractivity contribution is 6.02. The van der Waals surface area contributed by atoms with Gasteiger partial charge in [-0.1, -0.05) is 42.5 Å². The Balaban J connectivity index is 1.63. The molecule has 130 valence electrons. The molecule has 0 saturated carbocycles. The van der Waals surface area contributed by atoms with Crippen molar-refractivity contribution >= 4 is 23.4 Å². The third kappa shape index (κ3) is 4.41. The third-order valence-corrected chi connectivity index (χ3v) is 3.64. The predicted octanol–water partition coefficient (Wildman–Crippen LogP) is 3.49. The Bertz CT molecular complexity index is 948. The van der Waals surface area contributed by atoms with Gasteiger partial charge in [-0.3, -0.25) is 19.6 Å². The second kappa shape index (κ2) is 7.89. The number of nitro benzene ring substituents is 1. The summed E-state index contributed by atoms with van der Waals surface area (Å²) >= 11 is 0. The van der Waals surface area contributed by atoms with Crippen LogP contribution in [0.5, 0.6) is 0 Å². The van der Waals surface area contributed by atoms with Crippen LogP contribution in [0.15, 0.2) is 73.1 Å². The molecule has 0 aliphatic rings. The molecular formula is C19H16N4O3. The van der Waals surface area contributed by atoms with E-state index in [0.29, 0.717) is 17.8 Å². The van der Waals surface area contributed by atoms with Gasteiger partial charge in [0.2, 0.25) is 5.91 Å². The summed E-state index contributed by atoms with van der Waals surface area (Å²) in [7, 11) is 0. The number of benzene rings is 2. The molecule has 1 heterocycles. The average molecular weight is 348 g/mol. The Kier molecular flexibility index (Phi) is 5.19. The second-order valence-corrected chi connectivity index (χ2v) is 5.55. The van der Waals surface area contributed by atoms with E-state index < -0.39 is 4.92 Å². The number of carbonyl (C=O) groups excluding carboxylic acids is 1. The van der Waals surface area contributed by atoms with E-state index in [-0.39, 0.29) is 11.6 Å². The van der Waals surface area contributed by atoms with Crippen molar-refractivity contribution < 1.29 is 9.72 Å². The molecule has 0 aliphatic carbocycles. The molecule has 0 radical (unpaired) electrons. The number of nitrogens with one attached hydrogen (secondary N) is 1. The monoisotopic (exact) mass is 348 g/mol. The number of nitrogens with zero attached hydrogens (tertiary/aromatic N) is 3. The predicted molar refractivity (Wildman–Crippen MR) is 98.5 cm³/mol. The topological polar surface area (TPSA) is 90.1 Å². The molecule has 0 bridgehead atoms. The first-order valence-electron chi connectivity index (χ1n) is 7.91. The van der Waals surface area contributed by atoms with E-state index in [1.54, 1.807) is 35.3 Å². The fourth-order valence-corrected chi connectivity index (χ4v) is 2.43. The van der Waals surface area contributed by atoms with Crippen LogP contribution in [0.1, 0.15) is 11.1 Å². The zero-order valence-corrected chi connectivity index (χ0v) is 13.8. The van der Waals surface area contributed by atoms with Crippen LogP contribution >= 0.6 is 0 Å². The third-order valence-electron chi connectivity index (χ3n) is 3.64. The lowest BCUT2D eigenvalue weighted by molar-refractivity contribution is -0.385. The first kappa shape index (κ1) is 17.1. The molecule has 1 amide bonds. The molecule has 7 heteroatoms. The number of anilines is 1. The molecule has 0 spiro atoms. The number of aromatic nitrogens is 2. The van der Waals surface area contributed by atoms with Crippen molar-refractivity contribution in [2.45, 2.75) is 6.54 Å². The Morgan fingerprint density at radius 1 is 1.15 bits per heavy atom. The molecule has 1 N–H and O–H groups in total. The maximum atomic E-state index is 12.0. The number of amides is 1. The van der Waals surface area contributed by atoms with E-state index in [2.05, 4.69) is 10.4 Å². The number of rotatable bonds is 6. The van der Waals surface area contributed by atoms with Gasteiger partial charge < -0.3 is 5.32 Å². The van der Waals surface area contributed by atoms with Gasteiger partial charge in [0, 0.05) is 18.3 Å². The first-order valence-corrected chi connectivity index (χ1v) is 7.91. The lowest BCUT2D eigenvalue weighted by Crippen LogP contribution is -2.07. The van der Waals surface area contributed by atoms with Gasteiger partial charge in [-0.25, -0.2) is 0 Å². The number of nitro groups is 1. The average Bonchev–Trinajstić information content (AvgIpc) is 3.07. The zero-order chi connectivity index (χ0) is 18.4. The summed E-state index contributed by atoms with van der Waals surface area (Å²) in [5, 5.41) is 17.9. The van der Waals surface area contributed by atoms with Crippen LogP contribution in [0.3, 0.4) is 0 Å². The van der Waals surface area contributed by atoms with Crippen LogP contribution < -0.4 is 5.32 Å². The van der Waals surface area contributed by atoms with Crippen molar-refractivity contribution in [3.8, 4) is 0 Å². The lowest BCUT2D eigenvalue weighted by atomic mass is 10.1. The molecule has 3 aromatic rings. The minimum Gasteiger partial charge on any atom is -0.320 e. The molecular weight excluding hydrogens is 332 g/mol. The summed E-state index contributed by atoms with van der Waals surface area (Å²) in [5.41, 5.74) is 1.97. The summed E-state index contributed by atoms with van der Waals surface area (Å²) in [4.78, 5) is 22.5. The SMILES string of the molecule is O=C(C=Cc1ccccc1[N+](=O)[O-])Nc1cnn(Cc2ccccc2)c1. The van der Waals surface area contributed by atoms with Crippen LogP contribution in [-0.2, 0) is 11.3 Å². The van der Waals surface area contributed by atoms with Crippen LogP contribution in [0.25, 0.3) is 6.08 Å². The normalized spacial score (nSPS) is 10.8. The molecule has 7 nitrogen and oxygen atoms in total. The number of hydrogen-bond acceptors (Lipinski definition) is 4. The smallest absolute Gasteiger partial charge is 0.276 e. The number of para-hydroxylation sites is 1. The fourth-order valence-electron chi connectivity index (χ4n) is 2.43. The van der Waals surface area contributed by atoms with Crippen molar-refractivity contribution in [2.24, 2.45) is 0 Å². The van der Waals surface area contributed by atoms with Gasteiger partial charge >= 0.3 is 0 Å². The molecule has 0 aliphatic heterocycles. The van der Waals surface area contributed by atoms with Crippen LogP contribution in [-0.4, -0.2) is 20.6 Å². The molecule has 0 atom stereocenters. The van der Waals surface area contributed by atoms with Crippen molar-refractivity contribution in [3.05, 3.63) is 94.3 Å². The van der Waals surface area contributed by atoms with E-state index in [9.17, 15) is 14.9 Å². The van der Waals surface area contributed by atoms with Crippen molar-refractivity contribution in [1.82, 2.24) is 9.78 Å². The molecule has 0 fully saturated rings. The Labute approximate surface area is 149 Å². The molecule has 2 aromatic carbocycles. The minimum absolute atomic E-state index is 0.0489. The van der Waals surface area contributed by atoms with Gasteiger partial charge in [-0.15, -0.1) is 0 Å². The van der Waals surface area contributed by atoms with Gasteiger partial charge in [0.15, 0.2) is 0 Å². The summed E-state index contributed by atoms with van der Waals surface area (Å²) in [6.45, 7) is 0.600. The fraction of sp³-hybridized carbons (Fsp3) is 0.0526. The van der Waals surface area contributed by atoms with E-state index in [1.807, 2.05) is 30.3 Å². The van der Waals surface area contributed by atoms with Gasteiger partial charge in [0.1, 0.15) is 0 Å². The summed E-state index contributed by atoms with van der Waals surface area (Å²) in [6.07, 6.45) is 5.96. The van der Waals surface area contributed by atoms with Gasteiger partial charge in [0.05, 0.1) is 28.9 Å². The van der Waals surface area contributed by atoms with Gasteiger partial charge in [0.25, 0.3) is 5.69 Å².